The average molecular weight is 267 g/mol. The van der Waals surface area contributed by atoms with E-state index in [-0.39, 0.29) is 11.7 Å². The van der Waals surface area contributed by atoms with Gasteiger partial charge >= 0.3 is 6.09 Å². The van der Waals surface area contributed by atoms with Crippen LogP contribution in [0.1, 0.15) is 19.4 Å². The second-order valence-corrected chi connectivity index (χ2v) is 4.95. The van der Waals surface area contributed by atoms with Gasteiger partial charge in [-0.1, -0.05) is 49.0 Å². The summed E-state index contributed by atoms with van der Waals surface area (Å²) in [7, 11) is 0. The topological polar surface area (TPSA) is 55.4 Å². The highest BCUT2D eigenvalue weighted by Gasteiger charge is 2.15. The zero-order valence-electron chi connectivity index (χ0n) is 10.5. The van der Waals surface area contributed by atoms with Crippen LogP contribution in [0.15, 0.2) is 30.3 Å². The van der Waals surface area contributed by atoms with Gasteiger partial charge in [0.2, 0.25) is 5.12 Å². The Morgan fingerprint density at radius 2 is 2.00 bits per heavy atom. The Labute approximate surface area is 111 Å². The molecule has 0 aromatic heterocycles. The number of amides is 1. The summed E-state index contributed by atoms with van der Waals surface area (Å²) in [6.07, 6.45) is -0.573. The molecule has 0 saturated heterocycles. The van der Waals surface area contributed by atoms with Gasteiger partial charge in [0, 0.05) is 0 Å². The van der Waals surface area contributed by atoms with E-state index in [9.17, 15) is 9.59 Å². The molecule has 4 nitrogen and oxygen atoms in total. The normalized spacial score (nSPS) is 11.7. The van der Waals surface area contributed by atoms with Crippen molar-refractivity contribution in [2.45, 2.75) is 26.5 Å². The maximum absolute atomic E-state index is 11.4. The third-order valence-corrected chi connectivity index (χ3v) is 3.11. The smallest absolute Gasteiger partial charge is 0.408 e. The summed E-state index contributed by atoms with van der Waals surface area (Å²) in [5.41, 5.74) is 0.912. The average Bonchev–Trinajstić information content (AvgIpc) is 2.38. The number of carbonyl (C=O) groups excluding carboxylic acids is 2. The molecule has 0 aliphatic rings. The molecule has 0 saturated carbocycles. The predicted molar refractivity (Wildman–Crippen MR) is 72.4 cm³/mol. The van der Waals surface area contributed by atoms with Crippen LogP contribution in [0.5, 0.6) is 0 Å². The van der Waals surface area contributed by atoms with Crippen molar-refractivity contribution in [1.29, 1.82) is 0 Å². The summed E-state index contributed by atoms with van der Waals surface area (Å²) < 4.78 is 5.02. The molecule has 1 rings (SSSR count). The van der Waals surface area contributed by atoms with Crippen LogP contribution in [0.2, 0.25) is 0 Å². The van der Waals surface area contributed by atoms with Crippen molar-refractivity contribution in [3.63, 3.8) is 0 Å². The monoisotopic (exact) mass is 267 g/mol. The van der Waals surface area contributed by atoms with Gasteiger partial charge in [0.15, 0.2) is 0 Å². The molecule has 0 bridgehead atoms. The molecule has 0 unspecified atom stereocenters. The van der Waals surface area contributed by atoms with Crippen molar-refractivity contribution in [3.05, 3.63) is 35.9 Å². The second kappa shape index (κ2) is 7.76. The highest BCUT2D eigenvalue weighted by Crippen LogP contribution is 2.05. The largest absolute Gasteiger partial charge is 0.445 e. The van der Waals surface area contributed by atoms with Crippen LogP contribution in [0, 0.1) is 0 Å². The van der Waals surface area contributed by atoms with Crippen molar-refractivity contribution in [3.8, 4) is 0 Å². The van der Waals surface area contributed by atoms with Crippen LogP contribution in [-0.4, -0.2) is 23.0 Å². The Morgan fingerprint density at radius 1 is 1.33 bits per heavy atom. The standard InChI is InChI=1S/C13H17NO3S/c1-3-18-12(15)10(2)14-13(16)17-9-11-7-5-4-6-8-11/h4-8,10H,3,9H2,1-2H3,(H,14,16)/t10-/m1/s1. The summed E-state index contributed by atoms with van der Waals surface area (Å²) in [6, 6.07) is 8.86. The third-order valence-electron chi connectivity index (χ3n) is 2.19. The number of carbonyl (C=O) groups is 2. The molecule has 1 N–H and O–H groups in total. The SMILES string of the molecule is CCSC(=O)[C@@H](C)NC(=O)OCc1ccccc1. The summed E-state index contributed by atoms with van der Waals surface area (Å²) in [4.78, 5) is 22.9. The first-order valence-corrected chi connectivity index (χ1v) is 6.76. The maximum atomic E-state index is 11.4. The van der Waals surface area contributed by atoms with Crippen molar-refractivity contribution in [2.24, 2.45) is 0 Å². The molecule has 0 aliphatic carbocycles. The van der Waals surface area contributed by atoms with Gasteiger partial charge in [-0.2, -0.15) is 0 Å². The number of ether oxygens (including phenoxy) is 1. The van der Waals surface area contributed by atoms with E-state index in [1.165, 1.54) is 11.8 Å². The second-order valence-electron chi connectivity index (χ2n) is 3.68. The lowest BCUT2D eigenvalue weighted by atomic mass is 10.2. The Morgan fingerprint density at radius 3 is 2.61 bits per heavy atom. The van der Waals surface area contributed by atoms with Crippen molar-refractivity contribution in [1.82, 2.24) is 5.32 Å². The van der Waals surface area contributed by atoms with Crippen LogP contribution in [0.4, 0.5) is 4.79 Å². The van der Waals surface area contributed by atoms with Gasteiger partial charge in [0.1, 0.15) is 6.61 Å². The van der Waals surface area contributed by atoms with E-state index in [0.717, 1.165) is 5.56 Å². The first-order valence-electron chi connectivity index (χ1n) is 5.77. The Bertz CT molecular complexity index is 394. The van der Waals surface area contributed by atoms with E-state index in [2.05, 4.69) is 5.32 Å². The van der Waals surface area contributed by atoms with E-state index in [1.54, 1.807) is 6.92 Å². The molecule has 0 heterocycles. The molecule has 5 heteroatoms. The zero-order valence-corrected chi connectivity index (χ0v) is 11.3. The lowest BCUT2D eigenvalue weighted by Crippen LogP contribution is -2.37. The minimum atomic E-state index is -0.573. The number of hydrogen-bond acceptors (Lipinski definition) is 4. The minimum absolute atomic E-state index is 0.0610. The predicted octanol–water partition coefficient (Wildman–Crippen LogP) is 2.58. The Balaban J connectivity index is 2.31. The quantitative estimate of drug-likeness (QED) is 0.891. The summed E-state index contributed by atoms with van der Waals surface area (Å²) in [6.45, 7) is 3.74. The van der Waals surface area contributed by atoms with Crippen molar-refractivity contribution >= 4 is 23.0 Å². The van der Waals surface area contributed by atoms with Gasteiger partial charge in [-0.3, -0.25) is 4.79 Å². The molecule has 0 fully saturated rings. The van der Waals surface area contributed by atoms with Gasteiger partial charge < -0.3 is 10.1 Å². The number of alkyl carbamates (subject to hydrolysis) is 1. The van der Waals surface area contributed by atoms with E-state index >= 15 is 0 Å². The number of benzene rings is 1. The van der Waals surface area contributed by atoms with Crippen LogP contribution < -0.4 is 5.32 Å². The summed E-state index contributed by atoms with van der Waals surface area (Å²) in [5, 5.41) is 2.44. The number of rotatable bonds is 5. The lowest BCUT2D eigenvalue weighted by molar-refractivity contribution is -0.112. The molecule has 0 aliphatic heterocycles. The summed E-state index contributed by atoms with van der Waals surface area (Å²) in [5.74, 6) is 0.698. The van der Waals surface area contributed by atoms with Crippen LogP contribution in [-0.2, 0) is 16.1 Å². The van der Waals surface area contributed by atoms with E-state index < -0.39 is 12.1 Å². The van der Waals surface area contributed by atoms with Gasteiger partial charge in [-0.25, -0.2) is 4.79 Å². The molecule has 0 radical (unpaired) electrons. The zero-order chi connectivity index (χ0) is 13.4. The molecule has 1 atom stereocenters. The van der Waals surface area contributed by atoms with Crippen molar-refractivity contribution in [2.75, 3.05) is 5.75 Å². The molecule has 1 aromatic rings. The first-order chi connectivity index (χ1) is 8.63. The Kier molecular flexibility index (Phi) is 6.28. The van der Waals surface area contributed by atoms with Crippen molar-refractivity contribution < 1.29 is 14.3 Å². The molecular weight excluding hydrogens is 250 g/mol. The van der Waals surface area contributed by atoms with Gasteiger partial charge in [-0.15, -0.1) is 0 Å². The highest BCUT2D eigenvalue weighted by atomic mass is 32.2. The molecular formula is C13H17NO3S. The fourth-order valence-corrected chi connectivity index (χ4v) is 1.86. The number of thioether (sulfide) groups is 1. The maximum Gasteiger partial charge on any atom is 0.408 e. The van der Waals surface area contributed by atoms with E-state index in [4.69, 9.17) is 4.74 Å². The Hall–Kier alpha value is -1.49. The minimum Gasteiger partial charge on any atom is -0.445 e. The van der Waals surface area contributed by atoms with Crippen LogP contribution >= 0.6 is 11.8 Å². The van der Waals surface area contributed by atoms with Gasteiger partial charge in [0.25, 0.3) is 0 Å². The van der Waals surface area contributed by atoms with Gasteiger partial charge in [-0.05, 0) is 18.2 Å². The highest BCUT2D eigenvalue weighted by molar-refractivity contribution is 8.13. The molecule has 18 heavy (non-hydrogen) atoms. The fraction of sp³-hybridized carbons (Fsp3) is 0.385. The van der Waals surface area contributed by atoms with E-state index in [1.807, 2.05) is 37.3 Å². The van der Waals surface area contributed by atoms with Crippen LogP contribution in [0.3, 0.4) is 0 Å². The number of hydrogen-bond donors (Lipinski definition) is 1. The van der Waals surface area contributed by atoms with Crippen LogP contribution in [0.25, 0.3) is 0 Å². The number of nitrogens with one attached hydrogen (secondary N) is 1. The lowest BCUT2D eigenvalue weighted by Gasteiger charge is -2.12. The van der Waals surface area contributed by atoms with Gasteiger partial charge in [0.05, 0.1) is 6.04 Å². The van der Waals surface area contributed by atoms with E-state index in [0.29, 0.717) is 5.75 Å². The molecule has 0 spiro atoms. The molecule has 98 valence electrons. The summed E-state index contributed by atoms with van der Waals surface area (Å²) >= 11 is 1.19. The molecule has 1 aromatic carbocycles. The first kappa shape index (κ1) is 14.6. The fourth-order valence-electron chi connectivity index (χ4n) is 1.27. The third kappa shape index (κ3) is 5.23. The molecule has 1 amide bonds.